The lowest BCUT2D eigenvalue weighted by Crippen LogP contribution is -2.28. The molecule has 0 bridgehead atoms. The predicted octanol–water partition coefficient (Wildman–Crippen LogP) is 3.86. The lowest BCUT2D eigenvalue weighted by atomic mass is 10.1. The molecule has 1 aliphatic rings. The second kappa shape index (κ2) is 7.14. The van der Waals surface area contributed by atoms with Crippen LogP contribution in [0.2, 0.25) is 10.0 Å². The average molecular weight is 374 g/mol. The number of carbonyl (C=O) groups excluding carboxylic acids is 2. The summed E-state index contributed by atoms with van der Waals surface area (Å²) in [5.74, 6) is -1.04. The summed E-state index contributed by atoms with van der Waals surface area (Å²) in [5, 5.41) is 12.7. The van der Waals surface area contributed by atoms with E-state index in [9.17, 15) is 14.9 Å². The number of carbonyl (C=O) groups is 2. The van der Waals surface area contributed by atoms with E-state index in [1.807, 2.05) is 0 Å². The third-order valence-electron chi connectivity index (χ3n) is 4.00. The van der Waals surface area contributed by atoms with E-state index in [0.29, 0.717) is 27.0 Å². The third kappa shape index (κ3) is 3.60. The average Bonchev–Trinajstić information content (AvgIpc) is 3.00. The molecule has 25 heavy (non-hydrogen) atoms. The van der Waals surface area contributed by atoms with Gasteiger partial charge in [0.05, 0.1) is 27.9 Å². The Hall–Kier alpha value is -2.55. The summed E-state index contributed by atoms with van der Waals surface area (Å²) in [5.41, 5.74) is 1.32. The van der Waals surface area contributed by atoms with Gasteiger partial charge in [-0.1, -0.05) is 35.3 Å². The number of nitriles is 1. The number of para-hydroxylation sites is 1. The molecular formula is C18H13Cl2N3O2. The standard InChI is InChI=1S/C18H13Cl2N3O2/c19-13-5-6-14(20)15(8-13)22-18(25)12-7-17(24)23(10-12)16-4-2-1-3-11(16)9-21/h1-6,8,12H,7,10H2,(H,22,25). The molecule has 1 atom stereocenters. The van der Waals surface area contributed by atoms with Crippen molar-refractivity contribution in [2.75, 3.05) is 16.8 Å². The van der Waals surface area contributed by atoms with Crippen molar-refractivity contribution >= 4 is 46.4 Å². The maximum Gasteiger partial charge on any atom is 0.229 e. The first-order chi connectivity index (χ1) is 12.0. The highest BCUT2D eigenvalue weighted by molar-refractivity contribution is 6.35. The largest absolute Gasteiger partial charge is 0.324 e. The molecule has 1 fully saturated rings. The van der Waals surface area contributed by atoms with Crippen LogP contribution < -0.4 is 10.2 Å². The zero-order chi connectivity index (χ0) is 18.0. The smallest absolute Gasteiger partial charge is 0.229 e. The Kier molecular flexibility index (Phi) is 4.93. The van der Waals surface area contributed by atoms with Gasteiger partial charge in [-0.15, -0.1) is 0 Å². The van der Waals surface area contributed by atoms with E-state index >= 15 is 0 Å². The van der Waals surface area contributed by atoms with Crippen molar-refractivity contribution in [1.82, 2.24) is 0 Å². The van der Waals surface area contributed by atoms with Gasteiger partial charge < -0.3 is 10.2 Å². The van der Waals surface area contributed by atoms with Gasteiger partial charge >= 0.3 is 0 Å². The monoisotopic (exact) mass is 373 g/mol. The van der Waals surface area contributed by atoms with Gasteiger partial charge in [0.1, 0.15) is 6.07 Å². The van der Waals surface area contributed by atoms with Crippen LogP contribution in [0.15, 0.2) is 42.5 Å². The normalized spacial score (nSPS) is 16.6. The maximum absolute atomic E-state index is 12.5. The fourth-order valence-corrected chi connectivity index (χ4v) is 3.08. The first kappa shape index (κ1) is 17.3. The van der Waals surface area contributed by atoms with Crippen LogP contribution in [0.25, 0.3) is 0 Å². The number of rotatable bonds is 3. The van der Waals surface area contributed by atoms with Gasteiger partial charge in [0.2, 0.25) is 11.8 Å². The second-order valence-corrected chi connectivity index (χ2v) is 6.49. The second-order valence-electron chi connectivity index (χ2n) is 5.65. The summed E-state index contributed by atoms with van der Waals surface area (Å²) in [6, 6.07) is 13.7. The zero-order valence-corrected chi connectivity index (χ0v) is 14.5. The maximum atomic E-state index is 12.5. The minimum atomic E-state index is -0.533. The fourth-order valence-electron chi connectivity index (χ4n) is 2.75. The van der Waals surface area contributed by atoms with E-state index in [2.05, 4.69) is 11.4 Å². The van der Waals surface area contributed by atoms with Gasteiger partial charge in [0.25, 0.3) is 0 Å². The van der Waals surface area contributed by atoms with Crippen LogP contribution in [0.3, 0.4) is 0 Å². The molecule has 3 rings (SSSR count). The number of nitrogens with one attached hydrogen (secondary N) is 1. The van der Waals surface area contributed by atoms with Gasteiger partial charge in [0.15, 0.2) is 0 Å². The molecule has 0 radical (unpaired) electrons. The number of amides is 2. The van der Waals surface area contributed by atoms with Crippen LogP contribution in [-0.2, 0) is 9.59 Å². The van der Waals surface area contributed by atoms with E-state index in [4.69, 9.17) is 23.2 Å². The Balaban J connectivity index is 1.77. The Morgan fingerprint density at radius 1 is 1.24 bits per heavy atom. The number of hydrogen-bond donors (Lipinski definition) is 1. The molecule has 0 spiro atoms. The summed E-state index contributed by atoms with van der Waals surface area (Å²) in [7, 11) is 0. The number of benzene rings is 2. The fraction of sp³-hybridized carbons (Fsp3) is 0.167. The van der Waals surface area contributed by atoms with Gasteiger partial charge in [-0.25, -0.2) is 0 Å². The molecule has 2 amide bonds. The predicted molar refractivity (Wildman–Crippen MR) is 96.7 cm³/mol. The Morgan fingerprint density at radius 2 is 2.00 bits per heavy atom. The molecular weight excluding hydrogens is 361 g/mol. The van der Waals surface area contributed by atoms with Crippen molar-refractivity contribution in [2.24, 2.45) is 5.92 Å². The van der Waals surface area contributed by atoms with Crippen LogP contribution in [0.4, 0.5) is 11.4 Å². The summed E-state index contributed by atoms with van der Waals surface area (Å²) >= 11 is 12.0. The van der Waals surface area contributed by atoms with E-state index < -0.39 is 5.92 Å². The van der Waals surface area contributed by atoms with Crippen molar-refractivity contribution in [2.45, 2.75) is 6.42 Å². The third-order valence-corrected chi connectivity index (χ3v) is 4.56. The molecule has 0 saturated carbocycles. The molecule has 1 unspecified atom stereocenters. The van der Waals surface area contributed by atoms with E-state index in [-0.39, 0.29) is 24.8 Å². The van der Waals surface area contributed by atoms with Crippen LogP contribution in [0, 0.1) is 17.2 Å². The minimum Gasteiger partial charge on any atom is -0.324 e. The minimum absolute atomic E-state index is 0.0732. The van der Waals surface area contributed by atoms with Crippen LogP contribution in [0.5, 0.6) is 0 Å². The molecule has 1 heterocycles. The van der Waals surface area contributed by atoms with Gasteiger partial charge in [-0.05, 0) is 30.3 Å². The lowest BCUT2D eigenvalue weighted by Gasteiger charge is -2.18. The molecule has 2 aromatic rings. The molecule has 1 saturated heterocycles. The molecule has 0 aliphatic carbocycles. The first-order valence-corrected chi connectivity index (χ1v) is 8.30. The highest BCUT2D eigenvalue weighted by Crippen LogP contribution is 2.30. The summed E-state index contributed by atoms with van der Waals surface area (Å²) < 4.78 is 0. The molecule has 1 aliphatic heterocycles. The quantitative estimate of drug-likeness (QED) is 0.887. The van der Waals surface area contributed by atoms with Crippen molar-refractivity contribution < 1.29 is 9.59 Å². The molecule has 126 valence electrons. The Labute approximate surface area is 154 Å². The van der Waals surface area contributed by atoms with E-state index in [0.717, 1.165) is 0 Å². The van der Waals surface area contributed by atoms with Crippen LogP contribution in [-0.4, -0.2) is 18.4 Å². The molecule has 5 nitrogen and oxygen atoms in total. The summed E-state index contributed by atoms with van der Waals surface area (Å²) in [6.45, 7) is 0.210. The van der Waals surface area contributed by atoms with Crippen molar-refractivity contribution in [1.29, 1.82) is 5.26 Å². The topological polar surface area (TPSA) is 73.2 Å². The van der Waals surface area contributed by atoms with Gasteiger partial charge in [-0.2, -0.15) is 5.26 Å². The molecule has 0 aromatic heterocycles. The number of nitrogens with zero attached hydrogens (tertiary/aromatic N) is 2. The zero-order valence-electron chi connectivity index (χ0n) is 13.0. The van der Waals surface area contributed by atoms with E-state index in [1.54, 1.807) is 42.5 Å². The highest BCUT2D eigenvalue weighted by Gasteiger charge is 2.36. The summed E-state index contributed by atoms with van der Waals surface area (Å²) in [6.07, 6.45) is 0.0732. The number of hydrogen-bond acceptors (Lipinski definition) is 3. The van der Waals surface area contributed by atoms with Gasteiger partial charge in [0, 0.05) is 18.0 Å². The van der Waals surface area contributed by atoms with Crippen LogP contribution in [0.1, 0.15) is 12.0 Å². The number of halogens is 2. The Bertz CT molecular complexity index is 892. The Morgan fingerprint density at radius 3 is 2.76 bits per heavy atom. The van der Waals surface area contributed by atoms with E-state index in [1.165, 1.54) is 4.90 Å². The van der Waals surface area contributed by atoms with Crippen molar-refractivity contribution in [3.05, 3.63) is 58.1 Å². The lowest BCUT2D eigenvalue weighted by molar-refractivity contribution is -0.122. The molecule has 1 N–H and O–H groups in total. The summed E-state index contributed by atoms with van der Waals surface area (Å²) in [4.78, 5) is 26.3. The number of anilines is 2. The SMILES string of the molecule is N#Cc1ccccc1N1CC(C(=O)Nc2cc(Cl)ccc2Cl)CC1=O. The molecule has 2 aromatic carbocycles. The highest BCUT2D eigenvalue weighted by atomic mass is 35.5. The van der Waals surface area contributed by atoms with Crippen molar-refractivity contribution in [3.63, 3.8) is 0 Å². The van der Waals surface area contributed by atoms with Crippen LogP contribution >= 0.6 is 23.2 Å². The first-order valence-electron chi connectivity index (χ1n) is 7.55. The van der Waals surface area contributed by atoms with Gasteiger partial charge in [-0.3, -0.25) is 9.59 Å². The van der Waals surface area contributed by atoms with Crippen molar-refractivity contribution in [3.8, 4) is 6.07 Å². The molecule has 7 heteroatoms.